The van der Waals surface area contributed by atoms with Gasteiger partial charge in [0.2, 0.25) is 11.8 Å². The molecule has 2 amide bonds. The van der Waals surface area contributed by atoms with Gasteiger partial charge in [-0.1, -0.05) is 24.6 Å². The van der Waals surface area contributed by atoms with E-state index in [1.165, 1.54) is 4.90 Å². The van der Waals surface area contributed by atoms with Crippen LogP contribution in [0.4, 0.5) is 5.69 Å². The molecule has 0 fully saturated rings. The van der Waals surface area contributed by atoms with E-state index >= 15 is 0 Å². The van der Waals surface area contributed by atoms with Crippen LogP contribution in [-0.2, 0) is 9.59 Å². The van der Waals surface area contributed by atoms with Gasteiger partial charge in [0, 0.05) is 14.1 Å². The number of hydrogen-bond donors (Lipinski definition) is 1. The SMILES string of the molecule is CCCN(CC(=O)Nc1c(C)cc(C)cc1Cl)CC(=O)N(C)C. The highest BCUT2D eigenvalue weighted by Crippen LogP contribution is 2.27. The van der Waals surface area contributed by atoms with Gasteiger partial charge in [0.25, 0.3) is 0 Å². The van der Waals surface area contributed by atoms with E-state index in [-0.39, 0.29) is 24.9 Å². The predicted molar refractivity (Wildman–Crippen MR) is 95.0 cm³/mol. The zero-order valence-corrected chi connectivity index (χ0v) is 15.3. The van der Waals surface area contributed by atoms with Crippen molar-refractivity contribution in [3.63, 3.8) is 0 Å². The number of nitrogens with one attached hydrogen (secondary N) is 1. The van der Waals surface area contributed by atoms with E-state index in [1.54, 1.807) is 14.1 Å². The highest BCUT2D eigenvalue weighted by molar-refractivity contribution is 6.34. The van der Waals surface area contributed by atoms with Crippen LogP contribution in [0.2, 0.25) is 5.02 Å². The first-order valence-electron chi connectivity index (χ1n) is 7.73. The maximum absolute atomic E-state index is 12.3. The van der Waals surface area contributed by atoms with E-state index in [1.807, 2.05) is 37.8 Å². The molecule has 23 heavy (non-hydrogen) atoms. The maximum atomic E-state index is 12.3. The number of rotatable bonds is 7. The van der Waals surface area contributed by atoms with Crippen molar-refractivity contribution in [3.8, 4) is 0 Å². The molecule has 128 valence electrons. The van der Waals surface area contributed by atoms with Gasteiger partial charge in [0.1, 0.15) is 0 Å². The van der Waals surface area contributed by atoms with Gasteiger partial charge < -0.3 is 10.2 Å². The summed E-state index contributed by atoms with van der Waals surface area (Å²) in [5.41, 5.74) is 2.61. The van der Waals surface area contributed by atoms with E-state index in [9.17, 15) is 9.59 Å². The third-order valence-corrected chi connectivity index (χ3v) is 3.76. The standard InChI is InChI=1S/C17H26ClN3O2/c1-6-7-21(11-16(23)20(4)5)10-15(22)19-17-13(3)8-12(2)9-14(17)18/h8-9H,6-7,10-11H2,1-5H3,(H,19,22). The van der Waals surface area contributed by atoms with E-state index in [0.717, 1.165) is 17.5 Å². The molecule has 0 bridgehead atoms. The van der Waals surface area contributed by atoms with Gasteiger partial charge in [-0.05, 0) is 44.0 Å². The molecule has 6 heteroatoms. The van der Waals surface area contributed by atoms with E-state index < -0.39 is 0 Å². The molecule has 1 aromatic carbocycles. The molecule has 0 saturated carbocycles. The van der Waals surface area contributed by atoms with Crippen LogP contribution in [0.1, 0.15) is 24.5 Å². The molecule has 0 aliphatic carbocycles. The zero-order valence-electron chi connectivity index (χ0n) is 14.6. The second-order valence-corrected chi connectivity index (χ2v) is 6.39. The van der Waals surface area contributed by atoms with Crippen molar-refractivity contribution in [2.45, 2.75) is 27.2 Å². The number of nitrogens with zero attached hydrogens (tertiary/aromatic N) is 2. The molecule has 0 aromatic heterocycles. The van der Waals surface area contributed by atoms with Gasteiger partial charge >= 0.3 is 0 Å². The molecule has 0 radical (unpaired) electrons. The number of carbonyl (C=O) groups is 2. The van der Waals surface area contributed by atoms with Gasteiger partial charge in [0.15, 0.2) is 0 Å². The Balaban J connectivity index is 2.74. The molecule has 0 unspecified atom stereocenters. The highest BCUT2D eigenvalue weighted by Gasteiger charge is 2.16. The minimum atomic E-state index is -0.168. The Bertz CT molecular complexity index is 550. The van der Waals surface area contributed by atoms with E-state index in [0.29, 0.717) is 17.3 Å². The smallest absolute Gasteiger partial charge is 0.238 e. The van der Waals surface area contributed by atoms with Crippen LogP contribution in [0.3, 0.4) is 0 Å². The molecule has 1 N–H and O–H groups in total. The van der Waals surface area contributed by atoms with Crippen molar-refractivity contribution in [1.82, 2.24) is 9.80 Å². The maximum Gasteiger partial charge on any atom is 0.238 e. The lowest BCUT2D eigenvalue weighted by Gasteiger charge is -2.22. The molecule has 1 aromatic rings. The van der Waals surface area contributed by atoms with Gasteiger partial charge in [-0.15, -0.1) is 0 Å². The van der Waals surface area contributed by atoms with Crippen LogP contribution in [0.25, 0.3) is 0 Å². The number of carbonyl (C=O) groups excluding carboxylic acids is 2. The summed E-state index contributed by atoms with van der Waals surface area (Å²) in [4.78, 5) is 27.5. The zero-order chi connectivity index (χ0) is 17.6. The minimum Gasteiger partial charge on any atom is -0.348 e. The highest BCUT2D eigenvalue weighted by atomic mass is 35.5. The van der Waals surface area contributed by atoms with Crippen molar-refractivity contribution in [3.05, 3.63) is 28.3 Å². The molecule has 0 heterocycles. The van der Waals surface area contributed by atoms with Crippen LogP contribution in [0.5, 0.6) is 0 Å². The Morgan fingerprint density at radius 3 is 2.35 bits per heavy atom. The second kappa shape index (κ2) is 8.89. The molecule has 0 spiro atoms. The second-order valence-electron chi connectivity index (χ2n) is 5.99. The van der Waals surface area contributed by atoms with Gasteiger partial charge in [-0.3, -0.25) is 14.5 Å². The molecule has 0 atom stereocenters. The number of likely N-dealkylation sites (N-methyl/N-ethyl adjacent to an activating group) is 1. The molecular weight excluding hydrogens is 314 g/mol. The summed E-state index contributed by atoms with van der Waals surface area (Å²) in [6.45, 7) is 6.97. The molecule has 1 rings (SSSR count). The van der Waals surface area contributed by atoms with Crippen molar-refractivity contribution in [1.29, 1.82) is 0 Å². The van der Waals surface area contributed by atoms with E-state index in [4.69, 9.17) is 11.6 Å². The summed E-state index contributed by atoms with van der Waals surface area (Å²) in [7, 11) is 3.42. The average molecular weight is 340 g/mol. The number of anilines is 1. The third-order valence-electron chi connectivity index (χ3n) is 3.46. The Labute approximate surface area is 143 Å². The Kier molecular flexibility index (Phi) is 7.52. The number of halogens is 1. The summed E-state index contributed by atoms with van der Waals surface area (Å²) in [6, 6.07) is 3.80. The molecule has 0 aliphatic heterocycles. The monoisotopic (exact) mass is 339 g/mol. The van der Waals surface area contributed by atoms with Crippen LogP contribution < -0.4 is 5.32 Å². The molecular formula is C17H26ClN3O2. The van der Waals surface area contributed by atoms with Gasteiger partial charge in [-0.25, -0.2) is 0 Å². The first-order chi connectivity index (χ1) is 10.7. The Morgan fingerprint density at radius 1 is 1.17 bits per heavy atom. The molecule has 5 nitrogen and oxygen atoms in total. The predicted octanol–water partition coefficient (Wildman–Crippen LogP) is 2.70. The largest absolute Gasteiger partial charge is 0.348 e. The lowest BCUT2D eigenvalue weighted by molar-refractivity contribution is -0.130. The fourth-order valence-corrected chi connectivity index (χ4v) is 2.69. The summed E-state index contributed by atoms with van der Waals surface area (Å²) in [5, 5.41) is 3.39. The van der Waals surface area contributed by atoms with Crippen molar-refractivity contribution < 1.29 is 9.59 Å². The number of hydrogen-bond acceptors (Lipinski definition) is 3. The summed E-state index contributed by atoms with van der Waals surface area (Å²) in [5.74, 6) is -0.186. The number of amides is 2. The van der Waals surface area contributed by atoms with Crippen LogP contribution in [0, 0.1) is 13.8 Å². The topological polar surface area (TPSA) is 52.7 Å². The Hall–Kier alpha value is -1.59. The van der Waals surface area contributed by atoms with Crippen molar-refractivity contribution in [2.75, 3.05) is 39.0 Å². The minimum absolute atomic E-state index is 0.0178. The summed E-state index contributed by atoms with van der Waals surface area (Å²) < 4.78 is 0. The summed E-state index contributed by atoms with van der Waals surface area (Å²) in [6.07, 6.45) is 0.873. The summed E-state index contributed by atoms with van der Waals surface area (Å²) >= 11 is 6.21. The van der Waals surface area contributed by atoms with Crippen molar-refractivity contribution >= 4 is 29.1 Å². The number of benzene rings is 1. The third kappa shape index (κ3) is 6.20. The van der Waals surface area contributed by atoms with Crippen LogP contribution >= 0.6 is 11.6 Å². The quantitative estimate of drug-likeness (QED) is 0.831. The lowest BCUT2D eigenvalue weighted by Crippen LogP contribution is -2.41. The van der Waals surface area contributed by atoms with E-state index in [2.05, 4.69) is 5.32 Å². The Morgan fingerprint density at radius 2 is 1.83 bits per heavy atom. The average Bonchev–Trinajstić information content (AvgIpc) is 2.42. The first kappa shape index (κ1) is 19.5. The van der Waals surface area contributed by atoms with Crippen molar-refractivity contribution in [2.24, 2.45) is 0 Å². The van der Waals surface area contributed by atoms with Crippen LogP contribution in [-0.4, -0.2) is 55.3 Å². The molecule has 0 aliphatic rings. The number of aryl methyl sites for hydroxylation is 2. The normalized spacial score (nSPS) is 10.7. The van der Waals surface area contributed by atoms with Crippen LogP contribution in [0.15, 0.2) is 12.1 Å². The molecule has 0 saturated heterocycles. The first-order valence-corrected chi connectivity index (χ1v) is 8.11. The van der Waals surface area contributed by atoms with Gasteiger partial charge in [-0.2, -0.15) is 0 Å². The fourth-order valence-electron chi connectivity index (χ4n) is 2.32. The van der Waals surface area contributed by atoms with Gasteiger partial charge in [0.05, 0.1) is 23.8 Å². The lowest BCUT2D eigenvalue weighted by atomic mass is 10.1. The fraction of sp³-hybridized carbons (Fsp3) is 0.529.